The van der Waals surface area contributed by atoms with Crippen LogP contribution >= 0.6 is 0 Å². The number of benzene rings is 1. The third-order valence-corrected chi connectivity index (χ3v) is 7.12. The molecule has 2 aromatic rings. The van der Waals surface area contributed by atoms with Crippen LogP contribution in [0.25, 0.3) is 0 Å². The fourth-order valence-corrected chi connectivity index (χ4v) is 6.09. The van der Waals surface area contributed by atoms with Crippen molar-refractivity contribution in [3.8, 4) is 5.75 Å². The quantitative estimate of drug-likeness (QED) is 0.595. The second-order valence-corrected chi connectivity index (χ2v) is 8.49. The number of hydrogen-bond donors (Lipinski definition) is 0. The molecule has 142 valence electrons. The molecule has 2 aliphatic carbocycles. The van der Waals surface area contributed by atoms with Crippen LogP contribution in [0, 0.1) is 5.92 Å². The molecule has 3 aliphatic rings. The summed E-state index contributed by atoms with van der Waals surface area (Å²) >= 11 is 0. The van der Waals surface area contributed by atoms with Crippen molar-refractivity contribution in [2.75, 3.05) is 6.54 Å². The standard InChI is InChI=1S/C23H27NO3/c1-16(25)27-18-8-7-17-13-22-20-6-2-3-9-23(20,21(17)14-18)10-11-24(22)15-19-5-4-12-26-19/h4-5,7-8,12,14,20,22H,2-3,6,9-11,13,15H2,1H3/t20-,22+,23+/m0/s1. The number of carbonyl (C=O) groups is 1. The third-order valence-electron chi connectivity index (χ3n) is 7.12. The SMILES string of the molecule is CC(=O)Oc1ccc2c(c1)[C@@]13CCCC[C@H]1[C@@H](C2)N(Cc1ccco1)CC3. The Morgan fingerprint density at radius 3 is 3.04 bits per heavy atom. The van der Waals surface area contributed by atoms with Gasteiger partial charge in [-0.25, -0.2) is 0 Å². The van der Waals surface area contributed by atoms with Gasteiger partial charge in [-0.1, -0.05) is 18.9 Å². The summed E-state index contributed by atoms with van der Waals surface area (Å²) in [4.78, 5) is 14.1. The second-order valence-electron chi connectivity index (χ2n) is 8.49. The van der Waals surface area contributed by atoms with Gasteiger partial charge in [0.25, 0.3) is 0 Å². The molecule has 0 spiro atoms. The molecule has 27 heavy (non-hydrogen) atoms. The highest BCUT2D eigenvalue weighted by Crippen LogP contribution is 2.56. The normalized spacial score (nSPS) is 29.7. The van der Waals surface area contributed by atoms with Gasteiger partial charge in [0.05, 0.1) is 12.8 Å². The fourth-order valence-electron chi connectivity index (χ4n) is 6.09. The predicted octanol–water partition coefficient (Wildman–Crippen LogP) is 4.46. The summed E-state index contributed by atoms with van der Waals surface area (Å²) in [6, 6.07) is 11.0. The lowest BCUT2D eigenvalue weighted by atomic mass is 9.52. The van der Waals surface area contributed by atoms with Crippen LogP contribution < -0.4 is 4.74 Å². The number of esters is 1. The van der Waals surface area contributed by atoms with Gasteiger partial charge < -0.3 is 9.15 Å². The number of fused-ring (bicyclic) bond motifs is 1. The molecule has 5 rings (SSSR count). The van der Waals surface area contributed by atoms with Crippen molar-refractivity contribution < 1.29 is 13.9 Å². The Morgan fingerprint density at radius 1 is 1.30 bits per heavy atom. The first-order valence-electron chi connectivity index (χ1n) is 10.2. The number of carbonyl (C=O) groups excluding carboxylic acids is 1. The van der Waals surface area contributed by atoms with E-state index < -0.39 is 0 Å². The lowest BCUT2D eigenvalue weighted by Crippen LogP contribution is -2.60. The molecule has 2 heterocycles. The number of piperidine rings is 1. The first kappa shape index (κ1) is 17.1. The average Bonchev–Trinajstić information content (AvgIpc) is 3.17. The fraction of sp³-hybridized carbons (Fsp3) is 0.522. The smallest absolute Gasteiger partial charge is 0.308 e. The highest BCUT2D eigenvalue weighted by Gasteiger charge is 2.53. The Labute approximate surface area is 160 Å². The van der Waals surface area contributed by atoms with Crippen LogP contribution in [0.5, 0.6) is 5.75 Å². The molecule has 1 saturated carbocycles. The Hall–Kier alpha value is -2.07. The van der Waals surface area contributed by atoms with Gasteiger partial charge in [0.1, 0.15) is 11.5 Å². The molecule has 0 unspecified atom stereocenters. The molecule has 2 fully saturated rings. The number of ether oxygens (including phenoxy) is 1. The highest BCUT2D eigenvalue weighted by atomic mass is 16.5. The lowest BCUT2D eigenvalue weighted by Gasteiger charge is -2.59. The molecule has 4 heteroatoms. The molecule has 1 saturated heterocycles. The van der Waals surface area contributed by atoms with E-state index in [-0.39, 0.29) is 11.4 Å². The van der Waals surface area contributed by atoms with Crippen molar-refractivity contribution in [2.45, 2.75) is 63.5 Å². The van der Waals surface area contributed by atoms with Crippen molar-refractivity contribution in [1.29, 1.82) is 0 Å². The maximum atomic E-state index is 11.4. The highest BCUT2D eigenvalue weighted by molar-refractivity contribution is 5.69. The van der Waals surface area contributed by atoms with Crippen LogP contribution in [-0.4, -0.2) is 23.5 Å². The van der Waals surface area contributed by atoms with Gasteiger partial charge in [0, 0.05) is 18.4 Å². The van der Waals surface area contributed by atoms with Gasteiger partial charge in [-0.2, -0.15) is 0 Å². The zero-order chi connectivity index (χ0) is 18.4. The molecular weight excluding hydrogens is 338 g/mol. The van der Waals surface area contributed by atoms with E-state index in [4.69, 9.17) is 9.15 Å². The van der Waals surface area contributed by atoms with E-state index in [1.54, 1.807) is 6.26 Å². The Morgan fingerprint density at radius 2 is 2.22 bits per heavy atom. The molecule has 2 bridgehead atoms. The Balaban J connectivity index is 1.53. The number of likely N-dealkylation sites (tertiary alicyclic amines) is 1. The van der Waals surface area contributed by atoms with E-state index >= 15 is 0 Å². The van der Waals surface area contributed by atoms with Gasteiger partial charge >= 0.3 is 5.97 Å². The average molecular weight is 365 g/mol. The van der Waals surface area contributed by atoms with Crippen LogP contribution in [0.4, 0.5) is 0 Å². The molecular formula is C23H27NO3. The monoisotopic (exact) mass is 365 g/mol. The molecule has 1 aromatic carbocycles. The minimum absolute atomic E-state index is 0.241. The van der Waals surface area contributed by atoms with Gasteiger partial charge in [-0.05, 0) is 73.5 Å². The summed E-state index contributed by atoms with van der Waals surface area (Å²) in [7, 11) is 0. The minimum Gasteiger partial charge on any atom is -0.468 e. The minimum atomic E-state index is -0.241. The molecule has 0 amide bonds. The summed E-state index contributed by atoms with van der Waals surface area (Å²) in [6.07, 6.45) is 9.25. The predicted molar refractivity (Wildman–Crippen MR) is 103 cm³/mol. The molecule has 0 N–H and O–H groups in total. The third kappa shape index (κ3) is 2.82. The number of nitrogens with zero attached hydrogens (tertiary/aromatic N) is 1. The zero-order valence-electron chi connectivity index (χ0n) is 15.9. The molecule has 1 aliphatic heterocycles. The van der Waals surface area contributed by atoms with E-state index in [1.807, 2.05) is 12.1 Å². The van der Waals surface area contributed by atoms with Crippen LogP contribution in [0.3, 0.4) is 0 Å². The van der Waals surface area contributed by atoms with E-state index in [2.05, 4.69) is 23.1 Å². The van der Waals surface area contributed by atoms with E-state index in [0.717, 1.165) is 25.3 Å². The van der Waals surface area contributed by atoms with Gasteiger partial charge in [0.2, 0.25) is 0 Å². The lowest BCUT2D eigenvalue weighted by molar-refractivity contribution is -0.131. The second kappa shape index (κ2) is 6.52. The van der Waals surface area contributed by atoms with Crippen LogP contribution in [0.1, 0.15) is 55.9 Å². The molecule has 4 nitrogen and oxygen atoms in total. The largest absolute Gasteiger partial charge is 0.468 e. The van der Waals surface area contributed by atoms with E-state index in [0.29, 0.717) is 17.7 Å². The van der Waals surface area contributed by atoms with Crippen molar-refractivity contribution in [1.82, 2.24) is 4.90 Å². The van der Waals surface area contributed by atoms with Crippen LogP contribution in [-0.2, 0) is 23.2 Å². The Bertz CT molecular complexity index is 843. The summed E-state index contributed by atoms with van der Waals surface area (Å²) in [5.41, 5.74) is 3.16. The van der Waals surface area contributed by atoms with E-state index in [1.165, 1.54) is 50.2 Å². The zero-order valence-corrected chi connectivity index (χ0v) is 15.9. The molecule has 1 aromatic heterocycles. The first-order chi connectivity index (χ1) is 13.2. The number of hydrogen-bond acceptors (Lipinski definition) is 4. The van der Waals surface area contributed by atoms with Gasteiger partial charge in [-0.3, -0.25) is 9.69 Å². The van der Waals surface area contributed by atoms with Crippen LogP contribution in [0.2, 0.25) is 0 Å². The topological polar surface area (TPSA) is 42.7 Å². The van der Waals surface area contributed by atoms with Crippen molar-refractivity contribution in [3.63, 3.8) is 0 Å². The van der Waals surface area contributed by atoms with Gasteiger partial charge in [0.15, 0.2) is 0 Å². The van der Waals surface area contributed by atoms with Crippen molar-refractivity contribution in [3.05, 3.63) is 53.5 Å². The maximum Gasteiger partial charge on any atom is 0.308 e. The summed E-state index contributed by atoms with van der Waals surface area (Å²) in [6.45, 7) is 3.49. The Kier molecular flexibility index (Phi) is 4.12. The number of furan rings is 1. The molecule has 0 radical (unpaired) electrons. The number of rotatable bonds is 3. The van der Waals surface area contributed by atoms with Gasteiger partial charge in [-0.15, -0.1) is 0 Å². The first-order valence-corrected chi connectivity index (χ1v) is 10.2. The van der Waals surface area contributed by atoms with Crippen molar-refractivity contribution in [2.24, 2.45) is 5.92 Å². The maximum absolute atomic E-state index is 11.4. The molecule has 3 atom stereocenters. The summed E-state index contributed by atoms with van der Waals surface area (Å²) < 4.78 is 11.1. The summed E-state index contributed by atoms with van der Waals surface area (Å²) in [5.74, 6) is 2.22. The van der Waals surface area contributed by atoms with Crippen molar-refractivity contribution >= 4 is 5.97 Å². The van der Waals surface area contributed by atoms with Crippen LogP contribution in [0.15, 0.2) is 41.0 Å². The summed E-state index contributed by atoms with van der Waals surface area (Å²) in [5, 5.41) is 0. The van der Waals surface area contributed by atoms with E-state index in [9.17, 15) is 4.79 Å².